The summed E-state index contributed by atoms with van der Waals surface area (Å²) in [5.41, 5.74) is 7.35. The van der Waals surface area contributed by atoms with Crippen LogP contribution in [0.4, 0.5) is 0 Å². The van der Waals surface area contributed by atoms with Crippen LogP contribution in [0.15, 0.2) is 30.5 Å². The number of aromatic nitrogens is 1. The molecule has 1 aromatic heterocycles. The number of rotatable bonds is 12. The number of carbonyl (C=O) groups is 4. The third kappa shape index (κ3) is 6.55. The molecule has 0 saturated heterocycles. The number of aliphatic carboxylic acids is 2. The van der Waals surface area contributed by atoms with E-state index in [2.05, 4.69) is 15.6 Å². The third-order valence-corrected chi connectivity index (χ3v) is 5.51. The maximum Gasteiger partial charge on any atom is 0.326 e. The summed E-state index contributed by atoms with van der Waals surface area (Å²) < 4.78 is 0. The molecule has 0 bridgehead atoms. The summed E-state index contributed by atoms with van der Waals surface area (Å²) >= 11 is 0. The zero-order chi connectivity index (χ0) is 23.8. The first-order valence-corrected chi connectivity index (χ1v) is 10.5. The lowest BCUT2D eigenvalue weighted by atomic mass is 9.96. The third-order valence-electron chi connectivity index (χ3n) is 5.51. The van der Waals surface area contributed by atoms with E-state index < -0.39 is 41.9 Å². The van der Waals surface area contributed by atoms with Gasteiger partial charge in [-0.1, -0.05) is 38.5 Å². The highest BCUT2D eigenvalue weighted by atomic mass is 16.4. The van der Waals surface area contributed by atoms with E-state index in [0.29, 0.717) is 6.42 Å². The van der Waals surface area contributed by atoms with Gasteiger partial charge in [0.25, 0.3) is 0 Å². The molecule has 1 heterocycles. The van der Waals surface area contributed by atoms with Gasteiger partial charge in [0.2, 0.25) is 11.8 Å². The summed E-state index contributed by atoms with van der Waals surface area (Å²) in [4.78, 5) is 51.0. The summed E-state index contributed by atoms with van der Waals surface area (Å²) in [5.74, 6) is -3.86. The summed E-state index contributed by atoms with van der Waals surface area (Å²) in [6, 6.07) is 4.14. The Morgan fingerprint density at radius 1 is 1.09 bits per heavy atom. The van der Waals surface area contributed by atoms with Crippen LogP contribution < -0.4 is 16.4 Å². The molecule has 0 unspecified atom stereocenters. The number of hydrogen-bond acceptors (Lipinski definition) is 5. The topological polar surface area (TPSA) is 175 Å². The molecule has 7 N–H and O–H groups in total. The number of nitrogens with one attached hydrogen (secondary N) is 3. The van der Waals surface area contributed by atoms with Crippen molar-refractivity contribution in [2.45, 2.75) is 57.7 Å². The maximum absolute atomic E-state index is 12.9. The number of carboxylic acid groups (broad SMARTS) is 2. The highest BCUT2D eigenvalue weighted by Crippen LogP contribution is 2.19. The smallest absolute Gasteiger partial charge is 0.326 e. The van der Waals surface area contributed by atoms with Gasteiger partial charge in [-0.3, -0.25) is 14.4 Å². The second-order valence-electron chi connectivity index (χ2n) is 7.87. The number of hydrogen-bond donors (Lipinski definition) is 6. The van der Waals surface area contributed by atoms with Gasteiger partial charge in [0.15, 0.2) is 0 Å². The summed E-state index contributed by atoms with van der Waals surface area (Å²) in [7, 11) is 0. The standard InChI is InChI=1S/C22H30N4O6/c1-3-12(2)19(26-20(29)15(23)8-9-18(27)28)21(30)25-17(22(31)32)10-13-11-24-16-7-5-4-6-14(13)16/h4-7,11-12,15,17,19,24H,3,8-10,23H2,1-2H3,(H,25,30)(H,26,29)(H,27,28)(H,31,32)/t12-,15-,17+,19-/m0/s1. The fourth-order valence-electron chi connectivity index (χ4n) is 3.35. The molecule has 0 spiro atoms. The van der Waals surface area contributed by atoms with Gasteiger partial charge in [0.05, 0.1) is 6.04 Å². The molecule has 10 nitrogen and oxygen atoms in total. The zero-order valence-corrected chi connectivity index (χ0v) is 18.1. The summed E-state index contributed by atoms with van der Waals surface area (Å²) in [6.45, 7) is 3.59. The molecular weight excluding hydrogens is 416 g/mol. The minimum absolute atomic E-state index is 0.0599. The summed E-state index contributed by atoms with van der Waals surface area (Å²) in [5, 5.41) is 24.4. The van der Waals surface area contributed by atoms with Gasteiger partial charge in [-0.2, -0.15) is 0 Å². The molecule has 0 aliphatic carbocycles. The number of aromatic amines is 1. The molecule has 2 amide bonds. The Kier molecular flexibility index (Phi) is 8.77. The predicted molar refractivity (Wildman–Crippen MR) is 118 cm³/mol. The van der Waals surface area contributed by atoms with Crippen LogP contribution in [0.3, 0.4) is 0 Å². The maximum atomic E-state index is 12.9. The second-order valence-corrected chi connectivity index (χ2v) is 7.87. The Bertz CT molecular complexity index is 972. The van der Waals surface area contributed by atoms with Crippen molar-refractivity contribution in [3.05, 3.63) is 36.0 Å². The molecular formula is C22H30N4O6. The average Bonchev–Trinajstić information content (AvgIpc) is 3.17. The minimum atomic E-state index is -1.20. The quantitative estimate of drug-likeness (QED) is 0.282. The Morgan fingerprint density at radius 3 is 2.41 bits per heavy atom. The van der Waals surface area contributed by atoms with Gasteiger partial charge in [0.1, 0.15) is 12.1 Å². The Hall–Kier alpha value is -3.40. The highest BCUT2D eigenvalue weighted by Gasteiger charge is 2.31. The molecule has 0 saturated carbocycles. The lowest BCUT2D eigenvalue weighted by Crippen LogP contribution is -2.57. The van der Waals surface area contributed by atoms with Gasteiger partial charge < -0.3 is 31.6 Å². The van der Waals surface area contributed by atoms with Crippen LogP contribution in [0.2, 0.25) is 0 Å². The van der Waals surface area contributed by atoms with E-state index in [9.17, 15) is 24.3 Å². The second kappa shape index (κ2) is 11.3. The van der Waals surface area contributed by atoms with Gasteiger partial charge in [-0.05, 0) is 24.0 Å². The van der Waals surface area contributed by atoms with Crippen molar-refractivity contribution in [1.29, 1.82) is 0 Å². The van der Waals surface area contributed by atoms with Crippen molar-refractivity contribution < 1.29 is 29.4 Å². The average molecular weight is 447 g/mol. The molecule has 4 atom stereocenters. The molecule has 174 valence electrons. The molecule has 0 radical (unpaired) electrons. The Labute approximate surface area is 185 Å². The predicted octanol–water partition coefficient (Wildman–Crippen LogP) is 1.00. The number of fused-ring (bicyclic) bond motifs is 1. The first-order chi connectivity index (χ1) is 15.1. The number of H-pyrrole nitrogens is 1. The highest BCUT2D eigenvalue weighted by molar-refractivity contribution is 5.92. The van der Waals surface area contributed by atoms with E-state index in [1.165, 1.54) is 0 Å². The molecule has 32 heavy (non-hydrogen) atoms. The van der Waals surface area contributed by atoms with Crippen molar-refractivity contribution in [2.24, 2.45) is 11.7 Å². The molecule has 0 fully saturated rings. The first kappa shape index (κ1) is 24.9. The molecule has 2 rings (SSSR count). The van der Waals surface area contributed by atoms with Gasteiger partial charge in [-0.15, -0.1) is 0 Å². The molecule has 0 aliphatic rings. The Balaban J connectivity index is 2.12. The van der Waals surface area contributed by atoms with Gasteiger partial charge >= 0.3 is 11.9 Å². The van der Waals surface area contributed by atoms with Crippen molar-refractivity contribution in [3.63, 3.8) is 0 Å². The van der Waals surface area contributed by atoms with E-state index in [1.807, 2.05) is 31.2 Å². The SMILES string of the molecule is CC[C@H](C)[C@H](NC(=O)[C@@H](N)CCC(=O)O)C(=O)N[C@H](Cc1c[nH]c2ccccc12)C(=O)O. The monoisotopic (exact) mass is 446 g/mol. The fourth-order valence-corrected chi connectivity index (χ4v) is 3.35. The van der Waals surface area contributed by atoms with Gasteiger partial charge in [0, 0.05) is 29.9 Å². The Morgan fingerprint density at radius 2 is 1.78 bits per heavy atom. The number of carbonyl (C=O) groups excluding carboxylic acids is 2. The van der Waals surface area contributed by atoms with Crippen LogP contribution >= 0.6 is 0 Å². The van der Waals surface area contributed by atoms with E-state index in [0.717, 1.165) is 16.5 Å². The minimum Gasteiger partial charge on any atom is -0.481 e. The van der Waals surface area contributed by atoms with E-state index in [4.69, 9.17) is 10.8 Å². The van der Waals surface area contributed by atoms with Crippen molar-refractivity contribution in [2.75, 3.05) is 0 Å². The van der Waals surface area contributed by atoms with Crippen molar-refractivity contribution in [1.82, 2.24) is 15.6 Å². The van der Waals surface area contributed by atoms with Crippen LogP contribution in [0, 0.1) is 5.92 Å². The lowest BCUT2D eigenvalue weighted by molar-refractivity contribution is -0.142. The van der Waals surface area contributed by atoms with Crippen molar-refractivity contribution in [3.8, 4) is 0 Å². The van der Waals surface area contributed by atoms with Crippen LogP contribution in [0.1, 0.15) is 38.7 Å². The molecule has 1 aromatic carbocycles. The number of carboxylic acids is 2. The largest absolute Gasteiger partial charge is 0.481 e. The van der Waals surface area contributed by atoms with Crippen LogP contribution in [-0.4, -0.2) is 57.1 Å². The van der Waals surface area contributed by atoms with E-state index in [1.54, 1.807) is 13.1 Å². The zero-order valence-electron chi connectivity index (χ0n) is 18.1. The number of nitrogens with two attached hydrogens (primary N) is 1. The van der Waals surface area contributed by atoms with Crippen LogP contribution in [0.5, 0.6) is 0 Å². The first-order valence-electron chi connectivity index (χ1n) is 10.5. The number of amides is 2. The lowest BCUT2D eigenvalue weighted by Gasteiger charge is -2.26. The van der Waals surface area contributed by atoms with Crippen LogP contribution in [-0.2, 0) is 25.6 Å². The number of benzene rings is 1. The molecule has 2 aromatic rings. The normalized spacial score (nSPS) is 14.8. The van der Waals surface area contributed by atoms with Crippen LogP contribution in [0.25, 0.3) is 10.9 Å². The van der Waals surface area contributed by atoms with Crippen molar-refractivity contribution >= 4 is 34.7 Å². The van der Waals surface area contributed by atoms with E-state index >= 15 is 0 Å². The fraction of sp³-hybridized carbons (Fsp3) is 0.455. The summed E-state index contributed by atoms with van der Waals surface area (Å²) in [6.07, 6.45) is 1.96. The molecule has 10 heteroatoms. The number of para-hydroxylation sites is 1. The van der Waals surface area contributed by atoms with Gasteiger partial charge in [-0.25, -0.2) is 4.79 Å². The van der Waals surface area contributed by atoms with E-state index in [-0.39, 0.29) is 25.2 Å². The molecule has 0 aliphatic heterocycles.